The molecule has 0 aliphatic carbocycles. The van der Waals surface area contributed by atoms with Crippen molar-refractivity contribution in [3.05, 3.63) is 48.0 Å². The minimum atomic E-state index is 0. The molecule has 0 bridgehead atoms. The van der Waals surface area contributed by atoms with Gasteiger partial charge in [0.15, 0.2) is 5.96 Å². The summed E-state index contributed by atoms with van der Waals surface area (Å²) >= 11 is 0. The molecule has 0 atom stereocenters. The monoisotopic (exact) mass is 499 g/mol. The first-order valence-electron chi connectivity index (χ1n) is 9.30. The minimum Gasteiger partial charge on any atom is -0.355 e. The molecule has 0 fully saturated rings. The zero-order valence-electron chi connectivity index (χ0n) is 16.8. The van der Waals surface area contributed by atoms with E-state index in [-0.39, 0.29) is 36.4 Å². The van der Waals surface area contributed by atoms with Gasteiger partial charge in [-0.2, -0.15) is 0 Å². The van der Waals surface area contributed by atoms with Crippen LogP contribution in [0.25, 0.3) is 0 Å². The summed E-state index contributed by atoms with van der Waals surface area (Å²) in [6.45, 7) is 6.91. The van der Waals surface area contributed by atoms with E-state index in [0.717, 1.165) is 24.4 Å². The van der Waals surface area contributed by atoms with Gasteiger partial charge in [0.2, 0.25) is 5.91 Å². The van der Waals surface area contributed by atoms with E-state index < -0.39 is 0 Å². The van der Waals surface area contributed by atoms with E-state index in [1.165, 1.54) is 0 Å². The van der Waals surface area contributed by atoms with Gasteiger partial charge in [-0.3, -0.25) is 9.79 Å². The maximum atomic E-state index is 12.5. The molecule has 0 radical (unpaired) electrons. The van der Waals surface area contributed by atoms with E-state index in [2.05, 4.69) is 32.7 Å². The van der Waals surface area contributed by atoms with E-state index in [0.29, 0.717) is 25.6 Å². The van der Waals surface area contributed by atoms with Crippen LogP contribution >= 0.6 is 24.0 Å². The van der Waals surface area contributed by atoms with Gasteiger partial charge in [-0.1, -0.05) is 37.3 Å². The third kappa shape index (κ3) is 7.45. The number of aryl methyl sites for hydroxylation is 1. The number of nitrogens with one attached hydrogen (secondary N) is 2. The Morgan fingerprint density at radius 1 is 1.21 bits per heavy atom. The number of rotatable bonds is 9. The van der Waals surface area contributed by atoms with Crippen LogP contribution in [0, 0.1) is 0 Å². The molecule has 1 amide bonds. The molecular weight excluding hydrogens is 469 g/mol. The first kappa shape index (κ1) is 23.9. The number of benzene rings is 1. The predicted octanol–water partition coefficient (Wildman–Crippen LogP) is 1.67. The average molecular weight is 499 g/mol. The van der Waals surface area contributed by atoms with Crippen LogP contribution in [0.1, 0.15) is 25.2 Å². The van der Waals surface area contributed by atoms with Crippen LogP contribution in [-0.4, -0.2) is 58.2 Å². The summed E-state index contributed by atoms with van der Waals surface area (Å²) in [5, 5.41) is 14.3. The lowest BCUT2D eigenvalue weighted by atomic mass is 10.2. The molecule has 0 spiro atoms. The van der Waals surface area contributed by atoms with E-state index in [1.54, 1.807) is 13.4 Å². The van der Waals surface area contributed by atoms with Crippen LogP contribution in [0.3, 0.4) is 0 Å². The number of likely N-dealkylation sites (N-methyl/N-ethyl adjacent to an activating group) is 1. The zero-order chi connectivity index (χ0) is 19.5. The Hall–Kier alpha value is -2.17. The average Bonchev–Trinajstić information content (AvgIpc) is 3.16. The Morgan fingerprint density at radius 2 is 1.96 bits per heavy atom. The first-order valence-corrected chi connectivity index (χ1v) is 9.30. The second-order valence-corrected chi connectivity index (χ2v) is 6.04. The lowest BCUT2D eigenvalue weighted by Gasteiger charge is -2.22. The smallest absolute Gasteiger partial charge is 0.242 e. The Kier molecular flexibility index (Phi) is 11.2. The summed E-state index contributed by atoms with van der Waals surface area (Å²) in [5.74, 6) is 1.59. The molecule has 0 unspecified atom stereocenters. The van der Waals surface area contributed by atoms with Crippen molar-refractivity contribution in [2.24, 2.45) is 4.99 Å². The van der Waals surface area contributed by atoms with Gasteiger partial charge in [-0.15, -0.1) is 34.2 Å². The molecule has 1 aromatic carbocycles. The maximum Gasteiger partial charge on any atom is 0.242 e. The fraction of sp³-hybridized carbons (Fsp3) is 0.474. The highest BCUT2D eigenvalue weighted by Gasteiger charge is 2.12. The second-order valence-electron chi connectivity index (χ2n) is 6.04. The lowest BCUT2D eigenvalue weighted by molar-refractivity contribution is -0.130. The van der Waals surface area contributed by atoms with Crippen LogP contribution in [0.2, 0.25) is 0 Å². The third-order valence-electron chi connectivity index (χ3n) is 4.24. The number of guanidine groups is 1. The summed E-state index contributed by atoms with van der Waals surface area (Å²) in [6, 6.07) is 10.00. The van der Waals surface area contributed by atoms with Crippen LogP contribution in [0.15, 0.2) is 41.7 Å². The highest BCUT2D eigenvalue weighted by Crippen LogP contribution is 2.04. The normalized spacial score (nSPS) is 10.9. The fourth-order valence-electron chi connectivity index (χ4n) is 2.71. The van der Waals surface area contributed by atoms with E-state index in [1.807, 2.05) is 46.7 Å². The van der Waals surface area contributed by atoms with Crippen molar-refractivity contribution < 1.29 is 4.79 Å². The third-order valence-corrected chi connectivity index (χ3v) is 4.24. The van der Waals surface area contributed by atoms with Crippen LogP contribution in [0.4, 0.5) is 0 Å². The minimum absolute atomic E-state index is 0. The molecule has 9 heteroatoms. The SMILES string of the molecule is CCc1nncn1CCNC(=NC)NCC(=O)N(CC)Cc1ccccc1.I. The topological polar surface area (TPSA) is 87.4 Å². The summed E-state index contributed by atoms with van der Waals surface area (Å²) in [6.07, 6.45) is 2.57. The van der Waals surface area contributed by atoms with Crippen LogP contribution < -0.4 is 10.6 Å². The summed E-state index contributed by atoms with van der Waals surface area (Å²) < 4.78 is 2.00. The van der Waals surface area contributed by atoms with E-state index in [4.69, 9.17) is 0 Å². The van der Waals surface area contributed by atoms with Gasteiger partial charge < -0.3 is 20.1 Å². The van der Waals surface area contributed by atoms with E-state index >= 15 is 0 Å². The van der Waals surface area contributed by atoms with Crippen molar-refractivity contribution in [1.29, 1.82) is 0 Å². The van der Waals surface area contributed by atoms with Crippen molar-refractivity contribution in [1.82, 2.24) is 30.3 Å². The van der Waals surface area contributed by atoms with Gasteiger partial charge >= 0.3 is 0 Å². The highest BCUT2D eigenvalue weighted by atomic mass is 127. The van der Waals surface area contributed by atoms with Gasteiger partial charge in [0.05, 0.1) is 6.54 Å². The molecule has 2 N–H and O–H groups in total. The van der Waals surface area contributed by atoms with Crippen molar-refractivity contribution in [3.8, 4) is 0 Å². The molecule has 0 saturated carbocycles. The van der Waals surface area contributed by atoms with Gasteiger partial charge in [-0.25, -0.2) is 0 Å². The van der Waals surface area contributed by atoms with Crippen molar-refractivity contribution in [2.45, 2.75) is 33.4 Å². The van der Waals surface area contributed by atoms with Crippen molar-refractivity contribution in [3.63, 3.8) is 0 Å². The molecule has 28 heavy (non-hydrogen) atoms. The second kappa shape index (κ2) is 13.1. The molecule has 8 nitrogen and oxygen atoms in total. The Balaban J connectivity index is 0.00000392. The number of nitrogens with zero attached hydrogens (tertiary/aromatic N) is 5. The van der Waals surface area contributed by atoms with Gasteiger partial charge in [-0.05, 0) is 12.5 Å². The summed E-state index contributed by atoms with van der Waals surface area (Å²) in [5.41, 5.74) is 1.12. The summed E-state index contributed by atoms with van der Waals surface area (Å²) in [4.78, 5) is 18.5. The molecule has 154 valence electrons. The number of halogens is 1. The molecular formula is C19H30IN7O. The quantitative estimate of drug-likeness (QED) is 0.312. The zero-order valence-corrected chi connectivity index (χ0v) is 19.1. The largest absolute Gasteiger partial charge is 0.355 e. The van der Waals surface area contributed by atoms with Gasteiger partial charge in [0.25, 0.3) is 0 Å². The van der Waals surface area contributed by atoms with Crippen LogP contribution in [-0.2, 0) is 24.3 Å². The number of hydrogen-bond acceptors (Lipinski definition) is 4. The van der Waals surface area contributed by atoms with Gasteiger partial charge in [0.1, 0.15) is 12.2 Å². The lowest BCUT2D eigenvalue weighted by Crippen LogP contribution is -2.45. The molecule has 1 aromatic heterocycles. The Morgan fingerprint density at radius 3 is 2.61 bits per heavy atom. The number of aromatic nitrogens is 3. The Labute approximate surface area is 183 Å². The highest BCUT2D eigenvalue weighted by molar-refractivity contribution is 14.0. The maximum absolute atomic E-state index is 12.5. The molecule has 2 aromatic rings. The van der Waals surface area contributed by atoms with Crippen molar-refractivity contribution in [2.75, 3.05) is 26.7 Å². The summed E-state index contributed by atoms with van der Waals surface area (Å²) in [7, 11) is 1.69. The van der Waals surface area contributed by atoms with Crippen molar-refractivity contribution >= 4 is 35.8 Å². The predicted molar refractivity (Wildman–Crippen MR) is 122 cm³/mol. The van der Waals surface area contributed by atoms with Gasteiger partial charge in [0, 0.05) is 39.6 Å². The van der Waals surface area contributed by atoms with E-state index in [9.17, 15) is 4.79 Å². The molecule has 0 aliphatic rings. The molecule has 2 rings (SSSR count). The number of amides is 1. The number of carbonyl (C=O) groups is 1. The van der Waals surface area contributed by atoms with Crippen LogP contribution in [0.5, 0.6) is 0 Å². The number of hydrogen-bond donors (Lipinski definition) is 2. The first-order chi connectivity index (χ1) is 13.2. The standard InChI is InChI=1S/C19H29N7O.HI/c1-4-17-24-23-15-26(17)12-11-21-19(20-3)22-13-18(27)25(5-2)14-16-9-7-6-8-10-16;/h6-10,15H,4-5,11-14H2,1-3H3,(H2,20,21,22);1H. The molecule has 0 aliphatic heterocycles. The molecule has 1 heterocycles. The fourth-order valence-corrected chi connectivity index (χ4v) is 2.71. The Bertz CT molecular complexity index is 733. The number of carbonyl (C=O) groups excluding carboxylic acids is 1. The number of aliphatic imine (C=N–C) groups is 1. The molecule has 0 saturated heterocycles.